The van der Waals surface area contributed by atoms with Crippen LogP contribution in [0.25, 0.3) is 0 Å². The minimum absolute atomic E-state index is 0.146. The van der Waals surface area contributed by atoms with Gasteiger partial charge in [0.1, 0.15) is 5.82 Å². The van der Waals surface area contributed by atoms with Crippen LogP contribution < -0.4 is 5.32 Å². The molecule has 0 aromatic heterocycles. The number of nitrogens with one attached hydrogen (secondary N) is 1. The van der Waals surface area contributed by atoms with E-state index in [0.29, 0.717) is 12.2 Å². The summed E-state index contributed by atoms with van der Waals surface area (Å²) in [5.41, 5.74) is 0.466. The van der Waals surface area contributed by atoms with E-state index in [1.807, 2.05) is 11.8 Å². The van der Waals surface area contributed by atoms with Crippen molar-refractivity contribution >= 4 is 17.5 Å². The van der Waals surface area contributed by atoms with Crippen molar-refractivity contribution in [3.63, 3.8) is 0 Å². The van der Waals surface area contributed by atoms with E-state index in [1.54, 1.807) is 12.1 Å². The first-order valence-corrected chi connectivity index (χ1v) is 10.2. The van der Waals surface area contributed by atoms with Crippen LogP contribution in [0.15, 0.2) is 24.3 Å². The van der Waals surface area contributed by atoms with Gasteiger partial charge in [0.2, 0.25) is 11.8 Å². The summed E-state index contributed by atoms with van der Waals surface area (Å²) >= 11 is 0. The fourth-order valence-electron chi connectivity index (χ4n) is 3.48. The third-order valence-electron chi connectivity index (χ3n) is 5.12. The van der Waals surface area contributed by atoms with Gasteiger partial charge in [-0.25, -0.2) is 4.39 Å². The van der Waals surface area contributed by atoms with Gasteiger partial charge in [-0.1, -0.05) is 19.9 Å². The number of hydrogen-bond donors (Lipinski definition) is 1. The second kappa shape index (κ2) is 11.1. The lowest BCUT2D eigenvalue weighted by Gasteiger charge is -2.37. The van der Waals surface area contributed by atoms with Crippen LogP contribution in [0, 0.1) is 5.82 Å². The van der Waals surface area contributed by atoms with Crippen molar-refractivity contribution in [3.8, 4) is 0 Å². The molecule has 0 aliphatic carbocycles. The second-order valence-corrected chi connectivity index (χ2v) is 7.37. The zero-order valence-corrected chi connectivity index (χ0v) is 17.3. The molecular formula is C21H33FN4O2. The van der Waals surface area contributed by atoms with E-state index in [-0.39, 0.29) is 23.7 Å². The minimum atomic E-state index is -0.371. The summed E-state index contributed by atoms with van der Waals surface area (Å²) in [7, 11) is 0. The van der Waals surface area contributed by atoms with Crippen molar-refractivity contribution in [2.75, 3.05) is 51.1 Å². The summed E-state index contributed by atoms with van der Waals surface area (Å²) in [4.78, 5) is 31.2. The zero-order valence-electron chi connectivity index (χ0n) is 17.3. The Morgan fingerprint density at radius 3 is 2.36 bits per heavy atom. The second-order valence-electron chi connectivity index (χ2n) is 7.37. The van der Waals surface area contributed by atoms with E-state index in [4.69, 9.17) is 0 Å². The van der Waals surface area contributed by atoms with Gasteiger partial charge < -0.3 is 10.2 Å². The highest BCUT2D eigenvalue weighted by atomic mass is 19.1. The lowest BCUT2D eigenvalue weighted by molar-refractivity contribution is -0.133. The summed E-state index contributed by atoms with van der Waals surface area (Å²) in [5, 5.41) is 2.77. The molecule has 0 bridgehead atoms. The van der Waals surface area contributed by atoms with Gasteiger partial charge in [0.25, 0.3) is 0 Å². The van der Waals surface area contributed by atoms with Gasteiger partial charge in [-0.15, -0.1) is 0 Å². The summed E-state index contributed by atoms with van der Waals surface area (Å²) in [6, 6.07) is 5.60. The number of rotatable bonds is 9. The van der Waals surface area contributed by atoms with Crippen molar-refractivity contribution < 1.29 is 14.0 Å². The standard InChI is InChI=1S/C21H33FN4O2/c1-4-9-26(10-5-2)20(27)16-24-11-13-25(14-12-24)17(3)21(28)23-19-8-6-7-18(22)15-19/h6-8,15,17H,4-5,9-14,16H2,1-3H3,(H,23,28). The van der Waals surface area contributed by atoms with Crippen LogP contribution in [0.2, 0.25) is 0 Å². The maximum atomic E-state index is 13.3. The topological polar surface area (TPSA) is 55.9 Å². The third kappa shape index (κ3) is 6.56. The first-order valence-electron chi connectivity index (χ1n) is 10.2. The van der Waals surface area contributed by atoms with Crippen LogP contribution in [-0.4, -0.2) is 78.4 Å². The summed E-state index contributed by atoms with van der Waals surface area (Å²) in [6.45, 7) is 11.1. The number of hydrogen-bond acceptors (Lipinski definition) is 4. The van der Waals surface area contributed by atoms with Crippen molar-refractivity contribution in [2.24, 2.45) is 0 Å². The first-order chi connectivity index (χ1) is 13.4. The molecule has 1 N–H and O–H groups in total. The summed E-state index contributed by atoms with van der Waals surface area (Å²) < 4.78 is 13.3. The lowest BCUT2D eigenvalue weighted by Crippen LogP contribution is -2.54. The Balaban J connectivity index is 1.80. The van der Waals surface area contributed by atoms with E-state index in [9.17, 15) is 14.0 Å². The lowest BCUT2D eigenvalue weighted by atomic mass is 10.2. The van der Waals surface area contributed by atoms with E-state index < -0.39 is 0 Å². The third-order valence-corrected chi connectivity index (χ3v) is 5.12. The van der Waals surface area contributed by atoms with Crippen LogP contribution >= 0.6 is 0 Å². The Kier molecular flexibility index (Phi) is 8.86. The van der Waals surface area contributed by atoms with Gasteiger partial charge in [-0.3, -0.25) is 19.4 Å². The van der Waals surface area contributed by atoms with Crippen molar-refractivity contribution in [3.05, 3.63) is 30.1 Å². The quantitative estimate of drug-likeness (QED) is 0.701. The summed E-state index contributed by atoms with van der Waals surface area (Å²) in [5.74, 6) is -0.329. The molecular weight excluding hydrogens is 359 g/mol. The summed E-state index contributed by atoms with van der Waals surface area (Å²) in [6.07, 6.45) is 1.94. The highest BCUT2D eigenvalue weighted by Crippen LogP contribution is 2.12. The average molecular weight is 393 g/mol. The highest BCUT2D eigenvalue weighted by Gasteiger charge is 2.27. The van der Waals surface area contributed by atoms with Crippen LogP contribution in [0.3, 0.4) is 0 Å². The number of carbonyl (C=O) groups excluding carboxylic acids is 2. The Bertz CT molecular complexity index is 641. The molecule has 0 saturated carbocycles. The van der Waals surface area contributed by atoms with Gasteiger partial charge in [-0.05, 0) is 38.0 Å². The van der Waals surface area contributed by atoms with Crippen LogP contribution in [0.4, 0.5) is 10.1 Å². The normalized spacial score (nSPS) is 16.6. The molecule has 1 fully saturated rings. The van der Waals surface area contributed by atoms with Gasteiger partial charge in [0.05, 0.1) is 12.6 Å². The van der Waals surface area contributed by atoms with E-state index >= 15 is 0 Å². The number of carbonyl (C=O) groups is 2. The molecule has 1 aromatic rings. The van der Waals surface area contributed by atoms with Crippen molar-refractivity contribution in [1.82, 2.24) is 14.7 Å². The first kappa shape index (κ1) is 22.3. The fourth-order valence-corrected chi connectivity index (χ4v) is 3.48. The number of anilines is 1. The molecule has 2 rings (SSSR count). The fraction of sp³-hybridized carbons (Fsp3) is 0.619. The zero-order chi connectivity index (χ0) is 20.5. The number of benzene rings is 1. The maximum Gasteiger partial charge on any atom is 0.241 e. The molecule has 1 saturated heterocycles. The van der Waals surface area contributed by atoms with Crippen LogP contribution in [-0.2, 0) is 9.59 Å². The van der Waals surface area contributed by atoms with Gasteiger partial charge in [0.15, 0.2) is 0 Å². The smallest absolute Gasteiger partial charge is 0.241 e. The number of amides is 2. The predicted molar refractivity (Wildman–Crippen MR) is 110 cm³/mol. The van der Waals surface area contributed by atoms with Crippen molar-refractivity contribution in [2.45, 2.75) is 39.7 Å². The number of halogens is 1. The molecule has 156 valence electrons. The van der Waals surface area contributed by atoms with E-state index in [2.05, 4.69) is 29.0 Å². The Hall–Kier alpha value is -1.99. The molecule has 1 aliphatic rings. The predicted octanol–water partition coefficient (Wildman–Crippen LogP) is 2.42. The molecule has 6 nitrogen and oxygen atoms in total. The van der Waals surface area contributed by atoms with E-state index in [0.717, 1.165) is 52.1 Å². The molecule has 1 unspecified atom stereocenters. The molecule has 28 heavy (non-hydrogen) atoms. The molecule has 1 atom stereocenters. The molecule has 0 radical (unpaired) electrons. The monoisotopic (exact) mass is 392 g/mol. The SMILES string of the molecule is CCCN(CCC)C(=O)CN1CCN(C(C)C(=O)Nc2cccc(F)c2)CC1. The van der Waals surface area contributed by atoms with Gasteiger partial charge >= 0.3 is 0 Å². The number of piperazine rings is 1. The van der Waals surface area contributed by atoms with Crippen LogP contribution in [0.5, 0.6) is 0 Å². The van der Waals surface area contributed by atoms with Crippen molar-refractivity contribution in [1.29, 1.82) is 0 Å². The molecule has 7 heteroatoms. The van der Waals surface area contributed by atoms with E-state index in [1.165, 1.54) is 12.1 Å². The Morgan fingerprint density at radius 1 is 1.14 bits per heavy atom. The average Bonchev–Trinajstić information content (AvgIpc) is 2.68. The largest absolute Gasteiger partial charge is 0.342 e. The van der Waals surface area contributed by atoms with Crippen LogP contribution in [0.1, 0.15) is 33.6 Å². The highest BCUT2D eigenvalue weighted by molar-refractivity contribution is 5.94. The Labute approximate surface area is 167 Å². The molecule has 1 aromatic carbocycles. The van der Waals surface area contributed by atoms with Gasteiger partial charge in [0, 0.05) is 45.0 Å². The minimum Gasteiger partial charge on any atom is -0.342 e. The molecule has 1 aliphatic heterocycles. The molecule has 1 heterocycles. The maximum absolute atomic E-state index is 13.3. The molecule has 2 amide bonds. The molecule has 0 spiro atoms. The number of nitrogens with zero attached hydrogens (tertiary/aromatic N) is 3. The Morgan fingerprint density at radius 2 is 1.79 bits per heavy atom. The van der Waals surface area contributed by atoms with Gasteiger partial charge in [-0.2, -0.15) is 0 Å².